The highest BCUT2D eigenvalue weighted by atomic mass is 35.5. The van der Waals surface area contributed by atoms with Gasteiger partial charge >= 0.3 is 0 Å². The molecule has 2 aromatic heterocycles. The van der Waals surface area contributed by atoms with E-state index in [1.54, 1.807) is 11.3 Å². The number of rotatable bonds is 5. The van der Waals surface area contributed by atoms with Gasteiger partial charge in [0.25, 0.3) is 0 Å². The SMILES string of the molecule is Clc1nc2ccccc2nc1NCc1ccc(-c2nc(-c3ccccc3)cs2)cc1. The molecule has 0 saturated carbocycles. The quantitative estimate of drug-likeness (QED) is 0.339. The topological polar surface area (TPSA) is 50.7 Å². The zero-order valence-electron chi connectivity index (χ0n) is 15.9. The summed E-state index contributed by atoms with van der Waals surface area (Å²) >= 11 is 7.94. The number of hydrogen-bond donors (Lipinski definition) is 1. The molecule has 0 spiro atoms. The van der Waals surface area contributed by atoms with E-state index in [1.807, 2.05) is 42.5 Å². The first-order valence-corrected chi connectivity index (χ1v) is 10.8. The van der Waals surface area contributed by atoms with Gasteiger partial charge in [-0.1, -0.05) is 78.3 Å². The Morgan fingerprint density at radius 3 is 2.20 bits per heavy atom. The predicted octanol–water partition coefficient (Wildman–Crippen LogP) is 6.69. The van der Waals surface area contributed by atoms with Crippen LogP contribution in [0.15, 0.2) is 84.2 Å². The molecule has 3 aromatic carbocycles. The van der Waals surface area contributed by atoms with Crippen LogP contribution in [0.3, 0.4) is 0 Å². The number of nitrogens with one attached hydrogen (secondary N) is 1. The molecule has 5 aromatic rings. The molecule has 2 heterocycles. The molecular formula is C24H17ClN4S. The number of halogens is 1. The smallest absolute Gasteiger partial charge is 0.172 e. The third-order valence-electron chi connectivity index (χ3n) is 4.76. The third-order valence-corrected chi connectivity index (χ3v) is 5.92. The van der Waals surface area contributed by atoms with E-state index in [9.17, 15) is 0 Å². The van der Waals surface area contributed by atoms with Crippen molar-refractivity contribution < 1.29 is 0 Å². The minimum Gasteiger partial charge on any atom is -0.363 e. The normalized spacial score (nSPS) is 11.0. The monoisotopic (exact) mass is 428 g/mol. The Hall–Kier alpha value is -3.28. The van der Waals surface area contributed by atoms with E-state index in [1.165, 1.54) is 0 Å². The maximum Gasteiger partial charge on any atom is 0.172 e. The summed E-state index contributed by atoms with van der Waals surface area (Å²) in [6.07, 6.45) is 0. The van der Waals surface area contributed by atoms with Crippen LogP contribution in [0, 0.1) is 0 Å². The van der Waals surface area contributed by atoms with Crippen molar-refractivity contribution in [2.75, 3.05) is 5.32 Å². The number of benzene rings is 3. The molecule has 0 bridgehead atoms. The maximum atomic E-state index is 6.28. The second kappa shape index (κ2) is 8.22. The fraction of sp³-hybridized carbons (Fsp3) is 0.0417. The number of fused-ring (bicyclic) bond motifs is 1. The van der Waals surface area contributed by atoms with Crippen LogP contribution < -0.4 is 5.32 Å². The zero-order chi connectivity index (χ0) is 20.3. The van der Waals surface area contributed by atoms with Crippen molar-refractivity contribution in [1.29, 1.82) is 0 Å². The van der Waals surface area contributed by atoms with Crippen LogP contribution in [-0.2, 0) is 6.54 Å². The Labute approximate surface area is 183 Å². The van der Waals surface area contributed by atoms with E-state index < -0.39 is 0 Å². The van der Waals surface area contributed by atoms with Gasteiger partial charge in [-0.05, 0) is 17.7 Å². The highest BCUT2D eigenvalue weighted by Crippen LogP contribution is 2.29. The summed E-state index contributed by atoms with van der Waals surface area (Å²) in [6, 6.07) is 26.3. The summed E-state index contributed by atoms with van der Waals surface area (Å²) in [5.41, 5.74) is 5.98. The number of nitrogens with zero attached hydrogens (tertiary/aromatic N) is 3. The van der Waals surface area contributed by atoms with Crippen LogP contribution in [-0.4, -0.2) is 15.0 Å². The van der Waals surface area contributed by atoms with Gasteiger partial charge in [-0.2, -0.15) is 0 Å². The average Bonchev–Trinajstić information content (AvgIpc) is 3.29. The molecule has 146 valence electrons. The van der Waals surface area contributed by atoms with Gasteiger partial charge in [-0.15, -0.1) is 11.3 Å². The lowest BCUT2D eigenvalue weighted by molar-refractivity contribution is 1.11. The van der Waals surface area contributed by atoms with Crippen LogP contribution >= 0.6 is 22.9 Å². The number of thiazole rings is 1. The Morgan fingerprint density at radius 1 is 0.733 bits per heavy atom. The second-order valence-electron chi connectivity index (χ2n) is 6.81. The maximum absolute atomic E-state index is 6.28. The summed E-state index contributed by atoms with van der Waals surface area (Å²) < 4.78 is 0. The minimum atomic E-state index is 0.376. The molecule has 0 unspecified atom stereocenters. The van der Waals surface area contributed by atoms with E-state index in [-0.39, 0.29) is 0 Å². The average molecular weight is 429 g/mol. The van der Waals surface area contributed by atoms with Crippen LogP contribution in [0.25, 0.3) is 32.9 Å². The molecule has 6 heteroatoms. The molecule has 30 heavy (non-hydrogen) atoms. The lowest BCUT2D eigenvalue weighted by Crippen LogP contribution is -2.03. The largest absolute Gasteiger partial charge is 0.363 e. The molecule has 0 aliphatic heterocycles. The lowest BCUT2D eigenvalue weighted by atomic mass is 10.1. The van der Waals surface area contributed by atoms with Gasteiger partial charge in [0.05, 0.1) is 16.7 Å². The zero-order valence-corrected chi connectivity index (χ0v) is 17.5. The first-order valence-electron chi connectivity index (χ1n) is 9.53. The Kier molecular flexibility index (Phi) is 5.13. The molecule has 1 N–H and O–H groups in total. The standard InChI is InChI=1S/C24H17ClN4S/c25-22-23(28-20-9-5-4-8-19(20)27-22)26-14-16-10-12-18(13-11-16)24-29-21(15-30-24)17-6-2-1-3-7-17/h1-13,15H,14H2,(H,26,28). The predicted molar refractivity (Wildman–Crippen MR) is 125 cm³/mol. The van der Waals surface area contributed by atoms with E-state index in [0.717, 1.165) is 38.4 Å². The minimum absolute atomic E-state index is 0.376. The molecule has 0 radical (unpaired) electrons. The van der Waals surface area contributed by atoms with Crippen molar-refractivity contribution >= 4 is 39.8 Å². The van der Waals surface area contributed by atoms with Crippen molar-refractivity contribution in [2.24, 2.45) is 0 Å². The van der Waals surface area contributed by atoms with Crippen LogP contribution in [0.4, 0.5) is 5.82 Å². The molecule has 0 fully saturated rings. The number of para-hydroxylation sites is 2. The van der Waals surface area contributed by atoms with E-state index in [0.29, 0.717) is 17.5 Å². The summed E-state index contributed by atoms with van der Waals surface area (Å²) in [5, 5.41) is 6.77. The molecule has 0 atom stereocenters. The third kappa shape index (κ3) is 3.90. The van der Waals surface area contributed by atoms with Gasteiger partial charge in [0.2, 0.25) is 0 Å². The van der Waals surface area contributed by atoms with Crippen LogP contribution in [0.1, 0.15) is 5.56 Å². The van der Waals surface area contributed by atoms with E-state index in [4.69, 9.17) is 16.6 Å². The summed E-state index contributed by atoms with van der Waals surface area (Å²) in [5.74, 6) is 0.590. The summed E-state index contributed by atoms with van der Waals surface area (Å²) in [4.78, 5) is 13.8. The van der Waals surface area contributed by atoms with Gasteiger partial charge in [0.15, 0.2) is 11.0 Å². The van der Waals surface area contributed by atoms with Crippen LogP contribution in [0.5, 0.6) is 0 Å². The van der Waals surface area contributed by atoms with Crippen molar-refractivity contribution in [2.45, 2.75) is 6.54 Å². The highest BCUT2D eigenvalue weighted by molar-refractivity contribution is 7.13. The fourth-order valence-electron chi connectivity index (χ4n) is 3.19. The van der Waals surface area contributed by atoms with Gasteiger partial charge < -0.3 is 5.32 Å². The van der Waals surface area contributed by atoms with Gasteiger partial charge in [0, 0.05) is 23.1 Å². The van der Waals surface area contributed by atoms with Crippen LogP contribution in [0.2, 0.25) is 5.15 Å². The van der Waals surface area contributed by atoms with Crippen molar-refractivity contribution in [3.05, 3.63) is 95.0 Å². The van der Waals surface area contributed by atoms with Gasteiger partial charge in [0.1, 0.15) is 5.01 Å². The highest BCUT2D eigenvalue weighted by Gasteiger charge is 2.08. The first-order chi connectivity index (χ1) is 14.8. The van der Waals surface area contributed by atoms with E-state index in [2.05, 4.69) is 57.1 Å². The van der Waals surface area contributed by atoms with E-state index >= 15 is 0 Å². The molecule has 0 aliphatic rings. The number of hydrogen-bond acceptors (Lipinski definition) is 5. The fourth-order valence-corrected chi connectivity index (χ4v) is 4.23. The Morgan fingerprint density at radius 2 is 1.43 bits per heavy atom. The first kappa shape index (κ1) is 18.7. The Balaban J connectivity index is 1.30. The molecule has 0 amide bonds. The number of anilines is 1. The van der Waals surface area contributed by atoms with Crippen molar-refractivity contribution in [3.63, 3.8) is 0 Å². The molecule has 5 rings (SSSR count). The lowest BCUT2D eigenvalue weighted by Gasteiger charge is -2.09. The molecule has 0 saturated heterocycles. The van der Waals surface area contributed by atoms with Crippen molar-refractivity contribution in [3.8, 4) is 21.8 Å². The van der Waals surface area contributed by atoms with Crippen molar-refractivity contribution in [1.82, 2.24) is 15.0 Å². The van der Waals surface area contributed by atoms with Gasteiger partial charge in [-0.3, -0.25) is 0 Å². The molecule has 4 nitrogen and oxygen atoms in total. The summed E-state index contributed by atoms with van der Waals surface area (Å²) in [6.45, 7) is 0.611. The second-order valence-corrected chi connectivity index (χ2v) is 8.02. The molecule has 0 aliphatic carbocycles. The summed E-state index contributed by atoms with van der Waals surface area (Å²) in [7, 11) is 0. The molecular weight excluding hydrogens is 412 g/mol. The van der Waals surface area contributed by atoms with Gasteiger partial charge in [-0.25, -0.2) is 15.0 Å². The Bertz CT molecular complexity index is 1300. The number of aromatic nitrogens is 3.